The summed E-state index contributed by atoms with van der Waals surface area (Å²) in [7, 11) is 1.59. The number of carbonyl (C=O) groups is 2. The van der Waals surface area contributed by atoms with Crippen molar-refractivity contribution in [2.75, 3.05) is 20.3 Å². The quantitative estimate of drug-likeness (QED) is 0.527. The zero-order chi connectivity index (χ0) is 22.1. The number of methoxy groups -OCH3 is 1. The van der Waals surface area contributed by atoms with Gasteiger partial charge in [-0.05, 0) is 65.2 Å². The number of halogens is 2. The van der Waals surface area contributed by atoms with E-state index in [1.807, 2.05) is 38.1 Å². The van der Waals surface area contributed by atoms with E-state index in [-0.39, 0.29) is 25.0 Å². The van der Waals surface area contributed by atoms with E-state index in [0.29, 0.717) is 34.0 Å². The maximum Gasteiger partial charge on any atom is 0.261 e. The van der Waals surface area contributed by atoms with Crippen molar-refractivity contribution in [3.8, 4) is 11.5 Å². The van der Waals surface area contributed by atoms with Gasteiger partial charge in [0.1, 0.15) is 17.5 Å². The molecule has 0 spiro atoms. The van der Waals surface area contributed by atoms with Gasteiger partial charge >= 0.3 is 0 Å². The zero-order valence-corrected chi connectivity index (χ0v) is 19.6. The van der Waals surface area contributed by atoms with Gasteiger partial charge in [-0.15, -0.1) is 0 Å². The fraction of sp³-hybridized carbons (Fsp3) is 0.364. The number of likely N-dealkylation sites (N-methyl/N-ethyl adjacent to an activating group) is 1. The minimum atomic E-state index is -0.610. The number of nitrogens with one attached hydrogen (secondary N) is 1. The lowest BCUT2D eigenvalue weighted by atomic mass is 10.1. The molecule has 2 rings (SSSR count). The van der Waals surface area contributed by atoms with Crippen LogP contribution in [-0.2, 0) is 16.1 Å². The fourth-order valence-corrected chi connectivity index (χ4v) is 3.79. The Bertz CT molecular complexity index is 878. The summed E-state index contributed by atoms with van der Waals surface area (Å²) in [6.07, 6.45) is 0.478. The third kappa shape index (κ3) is 6.64. The SMILES string of the molecule is CCNC(=O)[C@H](CC)N(Cc1cccc(OC)c1)C(=O)COc1ccc(Cl)cc1Br. The molecular weight excluding hydrogens is 472 g/mol. The summed E-state index contributed by atoms with van der Waals surface area (Å²) < 4.78 is 11.6. The molecule has 0 radical (unpaired) electrons. The molecule has 6 nitrogen and oxygen atoms in total. The smallest absolute Gasteiger partial charge is 0.261 e. The van der Waals surface area contributed by atoms with Crippen LogP contribution in [0, 0.1) is 0 Å². The number of carbonyl (C=O) groups excluding carboxylic acids is 2. The molecule has 2 aromatic carbocycles. The van der Waals surface area contributed by atoms with Crippen LogP contribution in [0.25, 0.3) is 0 Å². The van der Waals surface area contributed by atoms with Crippen LogP contribution in [0.2, 0.25) is 5.02 Å². The molecule has 0 bridgehead atoms. The molecule has 8 heteroatoms. The summed E-state index contributed by atoms with van der Waals surface area (Å²) in [6.45, 7) is 4.27. The van der Waals surface area contributed by atoms with Crippen molar-refractivity contribution in [3.63, 3.8) is 0 Å². The Hall–Kier alpha value is -2.25. The molecule has 30 heavy (non-hydrogen) atoms. The largest absolute Gasteiger partial charge is 0.497 e. The molecule has 0 saturated carbocycles. The number of amides is 2. The topological polar surface area (TPSA) is 67.9 Å². The summed E-state index contributed by atoms with van der Waals surface area (Å²) in [5, 5.41) is 3.37. The molecule has 0 aliphatic heterocycles. The van der Waals surface area contributed by atoms with E-state index in [9.17, 15) is 9.59 Å². The number of benzene rings is 2. The molecule has 2 amide bonds. The predicted octanol–water partition coefficient (Wildman–Crippen LogP) is 4.43. The average Bonchev–Trinajstić information content (AvgIpc) is 2.73. The van der Waals surface area contributed by atoms with Gasteiger partial charge in [-0.2, -0.15) is 0 Å². The average molecular weight is 498 g/mol. The molecule has 0 aliphatic carbocycles. The first-order valence-electron chi connectivity index (χ1n) is 9.67. The second-order valence-corrected chi connectivity index (χ2v) is 7.85. The van der Waals surface area contributed by atoms with Crippen LogP contribution in [0.1, 0.15) is 25.8 Å². The first-order valence-corrected chi connectivity index (χ1v) is 10.8. The van der Waals surface area contributed by atoms with Crippen molar-refractivity contribution in [1.29, 1.82) is 0 Å². The molecule has 0 saturated heterocycles. The van der Waals surface area contributed by atoms with Gasteiger partial charge in [0.2, 0.25) is 5.91 Å². The van der Waals surface area contributed by atoms with Crippen LogP contribution in [0.5, 0.6) is 11.5 Å². The van der Waals surface area contributed by atoms with E-state index in [2.05, 4.69) is 21.2 Å². The van der Waals surface area contributed by atoms with Crippen molar-refractivity contribution in [2.24, 2.45) is 0 Å². The standard InChI is InChI=1S/C22H26BrClN2O4/c1-4-19(22(28)25-5-2)26(13-15-7-6-8-17(11-15)29-3)21(27)14-30-20-10-9-16(24)12-18(20)23/h6-12,19H,4-5,13-14H2,1-3H3,(H,25,28)/t19-/m0/s1. The van der Waals surface area contributed by atoms with Crippen LogP contribution >= 0.6 is 27.5 Å². The van der Waals surface area contributed by atoms with Gasteiger partial charge in [0.05, 0.1) is 11.6 Å². The predicted molar refractivity (Wildman–Crippen MR) is 121 cm³/mol. The van der Waals surface area contributed by atoms with Crippen molar-refractivity contribution >= 4 is 39.3 Å². The highest BCUT2D eigenvalue weighted by atomic mass is 79.9. The third-order valence-corrected chi connectivity index (χ3v) is 5.32. The maximum atomic E-state index is 13.1. The van der Waals surface area contributed by atoms with E-state index in [1.165, 1.54) is 0 Å². The first kappa shape index (κ1) is 24.0. The highest BCUT2D eigenvalue weighted by Crippen LogP contribution is 2.28. The van der Waals surface area contributed by atoms with Gasteiger partial charge in [-0.25, -0.2) is 0 Å². The van der Waals surface area contributed by atoms with Crippen LogP contribution < -0.4 is 14.8 Å². The van der Waals surface area contributed by atoms with Crippen molar-refractivity contribution < 1.29 is 19.1 Å². The second kappa shape index (κ2) is 11.8. The Labute approximate surface area is 190 Å². The first-order chi connectivity index (χ1) is 14.4. The number of hydrogen-bond donors (Lipinski definition) is 1. The lowest BCUT2D eigenvalue weighted by Crippen LogP contribution is -2.50. The van der Waals surface area contributed by atoms with Crippen LogP contribution in [0.3, 0.4) is 0 Å². The lowest BCUT2D eigenvalue weighted by Gasteiger charge is -2.30. The van der Waals surface area contributed by atoms with Gasteiger partial charge < -0.3 is 19.7 Å². The monoisotopic (exact) mass is 496 g/mol. The molecule has 0 aromatic heterocycles. The third-order valence-electron chi connectivity index (χ3n) is 4.47. The van der Waals surface area contributed by atoms with Crippen molar-refractivity contribution in [3.05, 3.63) is 57.5 Å². The summed E-state index contributed by atoms with van der Waals surface area (Å²) in [5.41, 5.74) is 0.859. The molecule has 162 valence electrons. The summed E-state index contributed by atoms with van der Waals surface area (Å²) in [6, 6.07) is 11.9. The number of ether oxygens (including phenoxy) is 2. The lowest BCUT2D eigenvalue weighted by molar-refractivity contribution is -0.142. The minimum absolute atomic E-state index is 0.191. The molecule has 0 unspecified atom stereocenters. The number of hydrogen-bond acceptors (Lipinski definition) is 4. The van der Waals surface area contributed by atoms with Gasteiger partial charge in [0.15, 0.2) is 6.61 Å². The van der Waals surface area contributed by atoms with Crippen LogP contribution in [0.15, 0.2) is 46.9 Å². The highest BCUT2D eigenvalue weighted by Gasteiger charge is 2.28. The van der Waals surface area contributed by atoms with Crippen LogP contribution in [-0.4, -0.2) is 43.0 Å². The molecule has 1 atom stereocenters. The summed E-state index contributed by atoms with van der Waals surface area (Å²) >= 11 is 9.33. The number of rotatable bonds is 10. The maximum absolute atomic E-state index is 13.1. The Morgan fingerprint density at radius 2 is 1.97 bits per heavy atom. The van der Waals surface area contributed by atoms with Crippen molar-refractivity contribution in [2.45, 2.75) is 32.9 Å². The normalized spacial score (nSPS) is 11.5. The van der Waals surface area contributed by atoms with E-state index in [4.69, 9.17) is 21.1 Å². The molecule has 0 fully saturated rings. The Kier molecular flexibility index (Phi) is 9.46. The zero-order valence-electron chi connectivity index (χ0n) is 17.3. The van der Waals surface area contributed by atoms with E-state index < -0.39 is 6.04 Å². The number of nitrogens with zero attached hydrogens (tertiary/aromatic N) is 1. The molecular formula is C22H26BrClN2O4. The molecule has 0 heterocycles. The van der Waals surface area contributed by atoms with Gasteiger partial charge in [0.25, 0.3) is 5.91 Å². The van der Waals surface area contributed by atoms with E-state index in [1.54, 1.807) is 30.2 Å². The Balaban J connectivity index is 2.23. The fourth-order valence-electron chi connectivity index (χ4n) is 2.99. The summed E-state index contributed by atoms with van der Waals surface area (Å²) in [5.74, 6) is 0.703. The Morgan fingerprint density at radius 3 is 2.60 bits per heavy atom. The van der Waals surface area contributed by atoms with Gasteiger partial charge in [-0.3, -0.25) is 9.59 Å². The second-order valence-electron chi connectivity index (χ2n) is 6.56. The van der Waals surface area contributed by atoms with Gasteiger partial charge in [0, 0.05) is 18.1 Å². The summed E-state index contributed by atoms with van der Waals surface area (Å²) in [4.78, 5) is 27.3. The van der Waals surface area contributed by atoms with Gasteiger partial charge in [-0.1, -0.05) is 30.7 Å². The van der Waals surface area contributed by atoms with Crippen LogP contribution in [0.4, 0.5) is 0 Å². The van der Waals surface area contributed by atoms with E-state index in [0.717, 1.165) is 5.56 Å². The molecule has 0 aliphatic rings. The van der Waals surface area contributed by atoms with Crippen molar-refractivity contribution in [1.82, 2.24) is 10.2 Å². The molecule has 2 aromatic rings. The van der Waals surface area contributed by atoms with E-state index >= 15 is 0 Å². The minimum Gasteiger partial charge on any atom is -0.497 e. The Morgan fingerprint density at radius 1 is 1.20 bits per heavy atom. The molecule has 1 N–H and O–H groups in total. The highest BCUT2D eigenvalue weighted by molar-refractivity contribution is 9.10.